The molecule has 0 bridgehead atoms. The third-order valence-electron chi connectivity index (χ3n) is 5.30. The first-order chi connectivity index (χ1) is 14.7. The molecule has 0 fully saturated rings. The van der Waals surface area contributed by atoms with Gasteiger partial charge in [0.05, 0.1) is 11.2 Å². The van der Waals surface area contributed by atoms with Gasteiger partial charge in [-0.2, -0.15) is 0 Å². The van der Waals surface area contributed by atoms with E-state index in [0.29, 0.717) is 17.0 Å². The fourth-order valence-corrected chi connectivity index (χ4v) is 4.24. The standard InChI is InChI=1S/C24H19BrN2O3/c25-20-9-10-21(23-19(20)5-2-12-26-23)27-24(28)22-11-8-18(30-22)14-29-17-7-6-15-3-1-4-16(15)13-17/h2,5-13H,1,3-4,14H2,(H,27,28). The molecular formula is C24H19BrN2O3. The summed E-state index contributed by atoms with van der Waals surface area (Å²) >= 11 is 3.51. The molecular weight excluding hydrogens is 444 g/mol. The number of aryl methyl sites for hydroxylation is 2. The second-order valence-corrected chi connectivity index (χ2v) is 8.14. The summed E-state index contributed by atoms with van der Waals surface area (Å²) < 4.78 is 12.5. The summed E-state index contributed by atoms with van der Waals surface area (Å²) in [4.78, 5) is 17.1. The summed E-state index contributed by atoms with van der Waals surface area (Å²) in [5.74, 6) is 1.33. The van der Waals surface area contributed by atoms with Crippen molar-refractivity contribution >= 4 is 38.4 Å². The molecule has 0 saturated heterocycles. The van der Waals surface area contributed by atoms with Crippen molar-refractivity contribution in [3.63, 3.8) is 0 Å². The minimum Gasteiger partial charge on any atom is -0.486 e. The number of fused-ring (bicyclic) bond motifs is 2. The number of carbonyl (C=O) groups excluding carboxylic acids is 1. The lowest BCUT2D eigenvalue weighted by Gasteiger charge is -2.08. The number of aromatic nitrogens is 1. The van der Waals surface area contributed by atoms with Gasteiger partial charge in [-0.3, -0.25) is 9.78 Å². The number of ether oxygens (including phenoxy) is 1. The molecule has 0 unspecified atom stereocenters. The number of benzene rings is 2. The molecule has 0 saturated carbocycles. The van der Waals surface area contributed by atoms with Crippen molar-refractivity contribution in [1.29, 1.82) is 0 Å². The Labute approximate surface area is 182 Å². The maximum Gasteiger partial charge on any atom is 0.291 e. The predicted molar refractivity (Wildman–Crippen MR) is 119 cm³/mol. The van der Waals surface area contributed by atoms with Gasteiger partial charge in [0.2, 0.25) is 0 Å². The lowest BCUT2D eigenvalue weighted by molar-refractivity contribution is 0.0992. The number of nitrogens with zero attached hydrogens (tertiary/aromatic N) is 1. The van der Waals surface area contributed by atoms with Gasteiger partial charge in [0.25, 0.3) is 5.91 Å². The molecule has 2 aromatic heterocycles. The quantitative estimate of drug-likeness (QED) is 0.400. The zero-order valence-electron chi connectivity index (χ0n) is 16.2. The third kappa shape index (κ3) is 3.71. The molecule has 1 aliphatic rings. The summed E-state index contributed by atoms with van der Waals surface area (Å²) in [6.07, 6.45) is 5.16. The van der Waals surface area contributed by atoms with Crippen LogP contribution in [0.2, 0.25) is 0 Å². The van der Waals surface area contributed by atoms with E-state index in [9.17, 15) is 4.79 Å². The SMILES string of the molecule is O=C(Nc1ccc(Br)c2cccnc12)c1ccc(COc2ccc3c(c2)CCC3)o1. The highest BCUT2D eigenvalue weighted by molar-refractivity contribution is 9.10. The van der Waals surface area contributed by atoms with Crippen molar-refractivity contribution in [2.75, 3.05) is 5.32 Å². The second-order valence-electron chi connectivity index (χ2n) is 7.29. The van der Waals surface area contributed by atoms with Crippen molar-refractivity contribution in [2.45, 2.75) is 25.9 Å². The monoisotopic (exact) mass is 462 g/mol. The minimum absolute atomic E-state index is 0.231. The molecule has 150 valence electrons. The molecule has 1 aliphatic carbocycles. The van der Waals surface area contributed by atoms with Gasteiger partial charge < -0.3 is 14.5 Å². The fraction of sp³-hybridized carbons (Fsp3) is 0.167. The van der Waals surface area contributed by atoms with Gasteiger partial charge >= 0.3 is 0 Å². The van der Waals surface area contributed by atoms with Crippen LogP contribution in [0.15, 0.2) is 69.7 Å². The largest absolute Gasteiger partial charge is 0.486 e. The summed E-state index contributed by atoms with van der Waals surface area (Å²) in [6.45, 7) is 0.273. The van der Waals surface area contributed by atoms with Crippen LogP contribution in [0.4, 0.5) is 5.69 Å². The van der Waals surface area contributed by atoms with E-state index in [-0.39, 0.29) is 18.3 Å². The lowest BCUT2D eigenvalue weighted by atomic mass is 10.1. The molecule has 4 aromatic rings. The number of amides is 1. The maximum atomic E-state index is 12.7. The molecule has 2 aromatic carbocycles. The fourth-order valence-electron chi connectivity index (χ4n) is 3.79. The van der Waals surface area contributed by atoms with E-state index < -0.39 is 0 Å². The van der Waals surface area contributed by atoms with Crippen LogP contribution >= 0.6 is 15.9 Å². The number of hydrogen-bond donors (Lipinski definition) is 1. The van der Waals surface area contributed by atoms with Crippen LogP contribution in [0.25, 0.3) is 10.9 Å². The van der Waals surface area contributed by atoms with Crippen LogP contribution in [-0.4, -0.2) is 10.9 Å². The van der Waals surface area contributed by atoms with Gasteiger partial charge in [-0.25, -0.2) is 0 Å². The van der Waals surface area contributed by atoms with Gasteiger partial charge in [0.1, 0.15) is 18.1 Å². The van der Waals surface area contributed by atoms with E-state index in [1.807, 2.05) is 30.3 Å². The maximum absolute atomic E-state index is 12.7. The van der Waals surface area contributed by atoms with E-state index in [1.54, 1.807) is 18.3 Å². The highest BCUT2D eigenvalue weighted by atomic mass is 79.9. The summed E-state index contributed by atoms with van der Waals surface area (Å²) in [5.41, 5.74) is 4.12. The van der Waals surface area contributed by atoms with Crippen molar-refractivity contribution in [1.82, 2.24) is 4.98 Å². The average Bonchev–Trinajstić information content (AvgIpc) is 3.43. The first kappa shape index (κ1) is 18.9. The Morgan fingerprint density at radius 2 is 2.00 bits per heavy atom. The molecule has 30 heavy (non-hydrogen) atoms. The zero-order chi connectivity index (χ0) is 20.5. The van der Waals surface area contributed by atoms with E-state index in [0.717, 1.165) is 28.5 Å². The Morgan fingerprint density at radius 3 is 2.93 bits per heavy atom. The molecule has 0 aliphatic heterocycles. The topological polar surface area (TPSA) is 64.4 Å². The van der Waals surface area contributed by atoms with E-state index >= 15 is 0 Å². The number of furan rings is 1. The molecule has 2 heterocycles. The number of pyridine rings is 1. The number of halogens is 1. The van der Waals surface area contributed by atoms with E-state index in [2.05, 4.69) is 38.4 Å². The van der Waals surface area contributed by atoms with Crippen LogP contribution < -0.4 is 10.1 Å². The average molecular weight is 463 g/mol. The second kappa shape index (κ2) is 7.95. The lowest BCUT2D eigenvalue weighted by Crippen LogP contribution is -2.11. The smallest absolute Gasteiger partial charge is 0.291 e. The number of rotatable bonds is 5. The van der Waals surface area contributed by atoms with Crippen molar-refractivity contribution in [3.05, 3.63) is 87.9 Å². The predicted octanol–water partition coefficient (Wildman–Crippen LogP) is 5.91. The molecule has 5 rings (SSSR count). The van der Waals surface area contributed by atoms with Gasteiger partial charge in [0, 0.05) is 16.1 Å². The molecule has 0 atom stereocenters. The van der Waals surface area contributed by atoms with Crippen molar-refractivity contribution in [3.8, 4) is 5.75 Å². The molecule has 1 N–H and O–H groups in total. The van der Waals surface area contributed by atoms with Crippen molar-refractivity contribution in [2.24, 2.45) is 0 Å². The van der Waals surface area contributed by atoms with Crippen LogP contribution in [0.1, 0.15) is 33.9 Å². The Kier molecular flexibility index (Phi) is 5.01. The molecule has 0 spiro atoms. The van der Waals surface area contributed by atoms with Crippen molar-refractivity contribution < 1.29 is 13.9 Å². The number of anilines is 1. The van der Waals surface area contributed by atoms with Gasteiger partial charge in [-0.05, 0) is 72.9 Å². The minimum atomic E-state index is -0.326. The van der Waals surface area contributed by atoms with E-state index in [4.69, 9.17) is 9.15 Å². The Bertz CT molecular complexity index is 1250. The molecule has 5 nitrogen and oxygen atoms in total. The Hall–Kier alpha value is -3.12. The van der Waals surface area contributed by atoms with Gasteiger partial charge in [-0.15, -0.1) is 0 Å². The first-order valence-electron chi connectivity index (χ1n) is 9.85. The summed E-state index contributed by atoms with van der Waals surface area (Å²) in [5, 5.41) is 3.82. The number of nitrogens with one attached hydrogen (secondary N) is 1. The summed E-state index contributed by atoms with van der Waals surface area (Å²) in [7, 11) is 0. The Balaban J connectivity index is 1.27. The van der Waals surface area contributed by atoms with Crippen LogP contribution in [0.5, 0.6) is 5.75 Å². The highest BCUT2D eigenvalue weighted by Crippen LogP contribution is 2.29. The van der Waals surface area contributed by atoms with Gasteiger partial charge in [0.15, 0.2) is 5.76 Å². The van der Waals surface area contributed by atoms with Crippen LogP contribution in [0.3, 0.4) is 0 Å². The number of hydrogen-bond acceptors (Lipinski definition) is 4. The van der Waals surface area contributed by atoms with Gasteiger partial charge in [-0.1, -0.05) is 28.1 Å². The van der Waals surface area contributed by atoms with E-state index in [1.165, 1.54) is 17.5 Å². The number of carbonyl (C=O) groups is 1. The molecule has 0 radical (unpaired) electrons. The van der Waals surface area contributed by atoms with Crippen LogP contribution in [0, 0.1) is 0 Å². The third-order valence-corrected chi connectivity index (χ3v) is 5.99. The zero-order valence-corrected chi connectivity index (χ0v) is 17.7. The van der Waals surface area contributed by atoms with Crippen LogP contribution in [-0.2, 0) is 19.4 Å². The first-order valence-corrected chi connectivity index (χ1v) is 10.6. The summed E-state index contributed by atoms with van der Waals surface area (Å²) in [6, 6.07) is 17.2. The highest BCUT2D eigenvalue weighted by Gasteiger charge is 2.15. The molecule has 1 amide bonds. The normalized spacial score (nSPS) is 12.7. The Morgan fingerprint density at radius 1 is 1.10 bits per heavy atom. The molecule has 6 heteroatoms.